The molecule has 1 aromatic carbocycles. The summed E-state index contributed by atoms with van der Waals surface area (Å²) in [7, 11) is 0. The van der Waals surface area contributed by atoms with Crippen LogP contribution in [0.25, 0.3) is 0 Å². The SMILES string of the molecule is CC1(C)C2CCC(=O)C1C(OCc1ccccc1)C2. The lowest BCUT2D eigenvalue weighted by Crippen LogP contribution is -2.39. The maximum absolute atomic E-state index is 12.2. The molecule has 3 rings (SSSR count). The molecule has 2 heteroatoms. The lowest BCUT2D eigenvalue weighted by atomic mass is 9.67. The summed E-state index contributed by atoms with van der Waals surface area (Å²) in [5.74, 6) is 1.17. The van der Waals surface area contributed by atoms with Crippen molar-refractivity contribution in [2.24, 2.45) is 17.3 Å². The Morgan fingerprint density at radius 1 is 1.26 bits per heavy atom. The van der Waals surface area contributed by atoms with E-state index in [9.17, 15) is 4.79 Å². The summed E-state index contributed by atoms with van der Waals surface area (Å²) in [6.07, 6.45) is 2.98. The summed E-state index contributed by atoms with van der Waals surface area (Å²) < 4.78 is 6.09. The molecule has 2 bridgehead atoms. The number of carbonyl (C=O) groups excluding carboxylic acids is 1. The molecule has 0 radical (unpaired) electrons. The summed E-state index contributed by atoms with van der Waals surface area (Å²) in [5, 5.41) is 0. The molecule has 0 aliphatic heterocycles. The largest absolute Gasteiger partial charge is 0.373 e. The van der Waals surface area contributed by atoms with Gasteiger partial charge in [0.2, 0.25) is 0 Å². The van der Waals surface area contributed by atoms with E-state index in [1.54, 1.807) is 0 Å². The molecule has 19 heavy (non-hydrogen) atoms. The van der Waals surface area contributed by atoms with E-state index >= 15 is 0 Å². The zero-order valence-corrected chi connectivity index (χ0v) is 11.8. The molecular weight excluding hydrogens is 236 g/mol. The average Bonchev–Trinajstić information content (AvgIpc) is 2.54. The van der Waals surface area contributed by atoms with Gasteiger partial charge in [-0.15, -0.1) is 0 Å². The molecule has 3 atom stereocenters. The highest BCUT2D eigenvalue weighted by atomic mass is 16.5. The second-order valence-electron chi connectivity index (χ2n) is 6.57. The topological polar surface area (TPSA) is 26.3 Å². The number of ketones is 1. The second kappa shape index (κ2) is 4.75. The Kier molecular flexibility index (Phi) is 3.22. The maximum atomic E-state index is 12.2. The number of Topliss-reactive ketones (excluding diaryl/α,β-unsaturated/α-hetero) is 1. The Labute approximate surface area is 115 Å². The van der Waals surface area contributed by atoms with Crippen molar-refractivity contribution in [2.75, 3.05) is 0 Å². The summed E-state index contributed by atoms with van der Waals surface area (Å²) in [6.45, 7) is 5.11. The van der Waals surface area contributed by atoms with E-state index in [1.165, 1.54) is 5.56 Å². The van der Waals surface area contributed by atoms with Crippen LogP contribution in [0.1, 0.15) is 38.7 Å². The highest BCUT2D eigenvalue weighted by molar-refractivity contribution is 5.84. The van der Waals surface area contributed by atoms with Gasteiger partial charge in [0, 0.05) is 12.3 Å². The van der Waals surface area contributed by atoms with E-state index in [4.69, 9.17) is 4.74 Å². The van der Waals surface area contributed by atoms with Gasteiger partial charge in [0.05, 0.1) is 12.7 Å². The minimum atomic E-state index is 0.106. The first kappa shape index (κ1) is 12.9. The van der Waals surface area contributed by atoms with Crippen LogP contribution in [0.3, 0.4) is 0 Å². The molecule has 0 amide bonds. The Morgan fingerprint density at radius 3 is 2.74 bits per heavy atom. The molecule has 2 nitrogen and oxygen atoms in total. The van der Waals surface area contributed by atoms with Crippen molar-refractivity contribution in [1.29, 1.82) is 0 Å². The van der Waals surface area contributed by atoms with Gasteiger partial charge in [-0.05, 0) is 29.7 Å². The lowest BCUT2D eigenvalue weighted by Gasteiger charge is -2.37. The van der Waals surface area contributed by atoms with Crippen LogP contribution in [0.5, 0.6) is 0 Å². The van der Waals surface area contributed by atoms with Crippen molar-refractivity contribution < 1.29 is 9.53 Å². The lowest BCUT2D eigenvalue weighted by molar-refractivity contribution is -0.134. The molecule has 2 aliphatic carbocycles. The first-order valence-corrected chi connectivity index (χ1v) is 7.27. The molecule has 3 unspecified atom stereocenters. The summed E-state index contributed by atoms with van der Waals surface area (Å²) in [5.41, 5.74) is 1.31. The van der Waals surface area contributed by atoms with Crippen molar-refractivity contribution in [1.82, 2.24) is 0 Å². The molecule has 102 valence electrons. The number of hydrogen-bond donors (Lipinski definition) is 0. The van der Waals surface area contributed by atoms with Crippen LogP contribution < -0.4 is 0 Å². The van der Waals surface area contributed by atoms with Crippen LogP contribution in [0.2, 0.25) is 0 Å². The molecule has 0 heterocycles. The van der Waals surface area contributed by atoms with E-state index in [1.807, 2.05) is 18.2 Å². The normalized spacial score (nSPS) is 32.5. The number of rotatable bonds is 3. The Bertz CT molecular complexity index is 463. The molecule has 1 aromatic rings. The molecule has 0 spiro atoms. The van der Waals surface area contributed by atoms with E-state index in [0.29, 0.717) is 18.3 Å². The fourth-order valence-electron chi connectivity index (χ4n) is 3.98. The van der Waals surface area contributed by atoms with Gasteiger partial charge >= 0.3 is 0 Å². The maximum Gasteiger partial charge on any atom is 0.139 e. The Balaban J connectivity index is 1.71. The monoisotopic (exact) mass is 258 g/mol. The number of carbonyl (C=O) groups is 1. The van der Waals surface area contributed by atoms with Crippen LogP contribution in [0.4, 0.5) is 0 Å². The first-order valence-electron chi connectivity index (χ1n) is 7.27. The van der Waals surface area contributed by atoms with E-state index in [2.05, 4.69) is 26.0 Å². The van der Waals surface area contributed by atoms with Gasteiger partial charge in [0.15, 0.2) is 0 Å². The predicted octanol–water partition coefficient (Wildman–Crippen LogP) is 3.60. The number of hydrogen-bond acceptors (Lipinski definition) is 2. The van der Waals surface area contributed by atoms with Gasteiger partial charge in [-0.3, -0.25) is 4.79 Å². The van der Waals surface area contributed by atoms with Gasteiger partial charge in [0.25, 0.3) is 0 Å². The Morgan fingerprint density at radius 2 is 2.00 bits per heavy atom. The molecule has 2 saturated carbocycles. The van der Waals surface area contributed by atoms with Gasteiger partial charge < -0.3 is 4.74 Å². The number of ether oxygens (including phenoxy) is 1. The quantitative estimate of drug-likeness (QED) is 0.828. The van der Waals surface area contributed by atoms with Crippen LogP contribution in [-0.2, 0) is 16.1 Å². The third-order valence-electron chi connectivity index (χ3n) is 5.14. The van der Waals surface area contributed by atoms with Gasteiger partial charge in [-0.2, -0.15) is 0 Å². The third-order valence-corrected chi connectivity index (χ3v) is 5.14. The van der Waals surface area contributed by atoms with Crippen molar-refractivity contribution >= 4 is 5.78 Å². The van der Waals surface area contributed by atoms with Gasteiger partial charge in [-0.25, -0.2) is 0 Å². The molecule has 2 fully saturated rings. The summed E-state index contributed by atoms with van der Waals surface area (Å²) in [4.78, 5) is 12.2. The second-order valence-corrected chi connectivity index (χ2v) is 6.57. The minimum Gasteiger partial charge on any atom is -0.373 e. The molecule has 0 N–H and O–H groups in total. The van der Waals surface area contributed by atoms with Gasteiger partial charge in [-0.1, -0.05) is 44.2 Å². The summed E-state index contributed by atoms with van der Waals surface area (Å²) in [6, 6.07) is 10.2. The number of benzene rings is 1. The highest BCUT2D eigenvalue weighted by Gasteiger charge is 2.55. The van der Waals surface area contributed by atoms with E-state index in [0.717, 1.165) is 19.3 Å². The van der Waals surface area contributed by atoms with E-state index in [-0.39, 0.29) is 17.4 Å². The van der Waals surface area contributed by atoms with Gasteiger partial charge in [0.1, 0.15) is 5.78 Å². The van der Waals surface area contributed by atoms with Crippen LogP contribution in [0, 0.1) is 17.3 Å². The van der Waals surface area contributed by atoms with Crippen LogP contribution in [0.15, 0.2) is 30.3 Å². The molecular formula is C17H22O2. The van der Waals surface area contributed by atoms with Crippen molar-refractivity contribution in [3.05, 3.63) is 35.9 Å². The molecule has 0 saturated heterocycles. The smallest absolute Gasteiger partial charge is 0.139 e. The van der Waals surface area contributed by atoms with Crippen molar-refractivity contribution in [3.8, 4) is 0 Å². The Hall–Kier alpha value is -1.15. The molecule has 2 aliphatic rings. The fourth-order valence-corrected chi connectivity index (χ4v) is 3.98. The average molecular weight is 258 g/mol. The molecule has 0 aromatic heterocycles. The highest BCUT2D eigenvalue weighted by Crippen LogP contribution is 2.54. The predicted molar refractivity (Wildman–Crippen MR) is 74.6 cm³/mol. The van der Waals surface area contributed by atoms with Crippen molar-refractivity contribution in [3.63, 3.8) is 0 Å². The minimum absolute atomic E-state index is 0.106. The first-order chi connectivity index (χ1) is 9.09. The summed E-state index contributed by atoms with van der Waals surface area (Å²) >= 11 is 0. The zero-order chi connectivity index (χ0) is 13.5. The zero-order valence-electron chi connectivity index (χ0n) is 11.8. The third kappa shape index (κ3) is 2.23. The number of fused-ring (bicyclic) bond motifs is 2. The fraction of sp³-hybridized carbons (Fsp3) is 0.588. The van der Waals surface area contributed by atoms with Crippen LogP contribution >= 0.6 is 0 Å². The van der Waals surface area contributed by atoms with E-state index < -0.39 is 0 Å². The standard InChI is InChI=1S/C17H22O2/c1-17(2)13-8-9-14(18)16(17)15(10-13)19-11-12-6-4-3-5-7-12/h3-7,13,15-16H,8-11H2,1-2H3. The van der Waals surface area contributed by atoms with Crippen LogP contribution in [-0.4, -0.2) is 11.9 Å². The van der Waals surface area contributed by atoms with Crippen molar-refractivity contribution in [2.45, 2.75) is 45.8 Å².